The summed E-state index contributed by atoms with van der Waals surface area (Å²) in [4.78, 5) is 16.8. The molecule has 10 heteroatoms. The van der Waals surface area contributed by atoms with Crippen molar-refractivity contribution in [2.24, 2.45) is 0 Å². The molecule has 0 saturated heterocycles. The van der Waals surface area contributed by atoms with Gasteiger partial charge in [0, 0.05) is 28.8 Å². The second-order valence-corrected chi connectivity index (χ2v) is 7.22. The summed E-state index contributed by atoms with van der Waals surface area (Å²) in [7, 11) is 4.43. The Morgan fingerprint density at radius 3 is 2.16 bits per heavy atom. The van der Waals surface area contributed by atoms with E-state index >= 15 is 0 Å². The number of halogens is 3. The Labute approximate surface area is 180 Å². The summed E-state index contributed by atoms with van der Waals surface area (Å²) in [5.41, 5.74) is 0.787. The monoisotopic (exact) mass is 452 g/mol. The van der Waals surface area contributed by atoms with Gasteiger partial charge in [0.05, 0.1) is 39.0 Å². The maximum atomic E-state index is 12.7. The molecule has 0 aliphatic heterocycles. The molecule has 0 aliphatic carbocycles. The van der Waals surface area contributed by atoms with E-state index in [0.717, 1.165) is 12.1 Å². The van der Waals surface area contributed by atoms with Gasteiger partial charge in [-0.25, -0.2) is 4.98 Å². The Morgan fingerprint density at radius 2 is 1.65 bits per heavy atom. The summed E-state index contributed by atoms with van der Waals surface area (Å²) in [6.45, 7) is 0. The molecule has 0 aliphatic rings. The van der Waals surface area contributed by atoms with Crippen LogP contribution in [0.3, 0.4) is 0 Å². The molecule has 1 N–H and O–H groups in total. The van der Waals surface area contributed by atoms with E-state index in [1.807, 2.05) is 0 Å². The van der Waals surface area contributed by atoms with Crippen molar-refractivity contribution in [1.29, 1.82) is 0 Å². The highest BCUT2D eigenvalue weighted by atomic mass is 32.1. The quantitative estimate of drug-likeness (QED) is 0.544. The Morgan fingerprint density at radius 1 is 1.03 bits per heavy atom. The number of nitrogens with one attached hydrogen (secondary N) is 1. The first kappa shape index (κ1) is 22.4. The van der Waals surface area contributed by atoms with Crippen molar-refractivity contribution in [3.8, 4) is 27.8 Å². The summed E-state index contributed by atoms with van der Waals surface area (Å²) in [6.07, 6.45) is -4.40. The number of amides is 1. The second kappa shape index (κ2) is 9.25. The molecule has 6 nitrogen and oxygen atoms in total. The zero-order chi connectivity index (χ0) is 22.6. The molecule has 0 unspecified atom stereocenters. The van der Waals surface area contributed by atoms with Gasteiger partial charge < -0.3 is 19.5 Å². The van der Waals surface area contributed by atoms with Gasteiger partial charge in [0.25, 0.3) is 0 Å². The van der Waals surface area contributed by atoms with Crippen LogP contribution in [0, 0.1) is 0 Å². The average molecular weight is 452 g/mol. The fourth-order valence-corrected chi connectivity index (χ4v) is 3.67. The van der Waals surface area contributed by atoms with Gasteiger partial charge in [-0.3, -0.25) is 4.79 Å². The van der Waals surface area contributed by atoms with Crippen molar-refractivity contribution in [2.45, 2.75) is 12.6 Å². The first-order chi connectivity index (χ1) is 14.7. The molecule has 0 radical (unpaired) electrons. The zero-order valence-electron chi connectivity index (χ0n) is 16.9. The lowest BCUT2D eigenvalue weighted by atomic mass is 10.1. The van der Waals surface area contributed by atoms with E-state index in [2.05, 4.69) is 10.3 Å². The standard InChI is InChI=1S/C21H19F3N2O4S/c1-28-16-8-14(9-17(29-2)19(16)30-3)25-18(27)10-15-11-31-20(26-15)12-4-6-13(7-5-12)21(22,23)24/h4-9,11H,10H2,1-3H3,(H,25,27). The molecule has 164 valence electrons. The third-order valence-corrected chi connectivity index (χ3v) is 5.24. The lowest BCUT2D eigenvalue weighted by Crippen LogP contribution is -2.15. The fraction of sp³-hybridized carbons (Fsp3) is 0.238. The molecule has 1 amide bonds. The Kier molecular flexibility index (Phi) is 6.69. The van der Waals surface area contributed by atoms with Crippen LogP contribution in [0.5, 0.6) is 17.2 Å². The minimum absolute atomic E-state index is 0.00616. The average Bonchev–Trinajstić information content (AvgIpc) is 3.20. The largest absolute Gasteiger partial charge is 0.493 e. The molecule has 0 saturated carbocycles. The van der Waals surface area contributed by atoms with Crippen molar-refractivity contribution in [2.75, 3.05) is 26.6 Å². The zero-order valence-corrected chi connectivity index (χ0v) is 17.7. The van der Waals surface area contributed by atoms with Crippen molar-refractivity contribution in [1.82, 2.24) is 4.98 Å². The highest BCUT2D eigenvalue weighted by Crippen LogP contribution is 2.40. The van der Waals surface area contributed by atoms with Gasteiger partial charge in [0.1, 0.15) is 5.01 Å². The normalized spacial score (nSPS) is 11.2. The number of anilines is 1. The molecule has 2 aromatic carbocycles. The number of rotatable bonds is 7. The summed E-state index contributed by atoms with van der Waals surface area (Å²) >= 11 is 1.25. The summed E-state index contributed by atoms with van der Waals surface area (Å²) in [5, 5.41) is 4.98. The molecule has 31 heavy (non-hydrogen) atoms. The number of carbonyl (C=O) groups is 1. The molecular formula is C21H19F3N2O4S. The van der Waals surface area contributed by atoms with Gasteiger partial charge in [-0.15, -0.1) is 11.3 Å². The van der Waals surface area contributed by atoms with Gasteiger partial charge in [-0.05, 0) is 12.1 Å². The van der Waals surface area contributed by atoms with Gasteiger partial charge in [0.15, 0.2) is 11.5 Å². The number of benzene rings is 2. The van der Waals surface area contributed by atoms with E-state index in [-0.39, 0.29) is 12.3 Å². The summed E-state index contributed by atoms with van der Waals surface area (Å²) in [5.74, 6) is 0.882. The highest BCUT2D eigenvalue weighted by molar-refractivity contribution is 7.13. The maximum absolute atomic E-state index is 12.7. The van der Waals surface area contributed by atoms with E-state index in [1.54, 1.807) is 17.5 Å². The summed E-state index contributed by atoms with van der Waals surface area (Å²) in [6, 6.07) is 7.95. The first-order valence-electron chi connectivity index (χ1n) is 8.97. The van der Waals surface area contributed by atoms with Gasteiger partial charge >= 0.3 is 6.18 Å². The van der Waals surface area contributed by atoms with Crippen LogP contribution >= 0.6 is 11.3 Å². The van der Waals surface area contributed by atoms with E-state index in [4.69, 9.17) is 14.2 Å². The number of aromatic nitrogens is 1. The van der Waals surface area contributed by atoms with E-state index in [9.17, 15) is 18.0 Å². The molecule has 0 bridgehead atoms. The molecule has 0 fully saturated rings. The maximum Gasteiger partial charge on any atom is 0.416 e. The Bertz CT molecular complexity index is 1040. The van der Waals surface area contributed by atoms with Crippen LogP contribution in [-0.2, 0) is 17.4 Å². The molecule has 1 heterocycles. The fourth-order valence-electron chi connectivity index (χ4n) is 2.85. The summed E-state index contributed by atoms with van der Waals surface area (Å²) < 4.78 is 53.9. The molecule has 1 aromatic heterocycles. The molecule has 3 aromatic rings. The first-order valence-corrected chi connectivity index (χ1v) is 9.85. The van der Waals surface area contributed by atoms with Crippen molar-refractivity contribution < 1.29 is 32.2 Å². The molecule has 0 atom stereocenters. The molecule has 3 rings (SSSR count). The number of hydrogen-bond donors (Lipinski definition) is 1. The van der Waals surface area contributed by atoms with Crippen LogP contribution < -0.4 is 19.5 Å². The smallest absolute Gasteiger partial charge is 0.416 e. The van der Waals surface area contributed by atoms with Crippen molar-refractivity contribution >= 4 is 22.9 Å². The second-order valence-electron chi connectivity index (χ2n) is 6.36. The third-order valence-electron chi connectivity index (χ3n) is 4.30. The van der Waals surface area contributed by atoms with Crippen molar-refractivity contribution in [3.05, 3.63) is 53.0 Å². The predicted octanol–water partition coefficient (Wildman–Crippen LogP) is 5.04. The number of carbonyl (C=O) groups excluding carboxylic acids is 1. The van der Waals surface area contributed by atoms with Crippen LogP contribution in [0.4, 0.5) is 18.9 Å². The topological polar surface area (TPSA) is 69.7 Å². The van der Waals surface area contributed by atoms with Crippen LogP contribution in [0.2, 0.25) is 0 Å². The van der Waals surface area contributed by atoms with E-state index in [1.165, 1.54) is 44.8 Å². The van der Waals surface area contributed by atoms with Crippen LogP contribution in [0.15, 0.2) is 41.8 Å². The van der Waals surface area contributed by atoms with E-state index < -0.39 is 11.7 Å². The highest BCUT2D eigenvalue weighted by Gasteiger charge is 2.30. The molecular weight excluding hydrogens is 433 g/mol. The Hall–Kier alpha value is -3.27. The van der Waals surface area contributed by atoms with Crippen LogP contribution in [0.25, 0.3) is 10.6 Å². The lowest BCUT2D eigenvalue weighted by Gasteiger charge is -2.14. The van der Waals surface area contributed by atoms with Gasteiger partial charge in [-0.1, -0.05) is 12.1 Å². The number of thiazole rings is 1. The lowest BCUT2D eigenvalue weighted by molar-refractivity contribution is -0.137. The number of methoxy groups -OCH3 is 3. The number of nitrogens with zero attached hydrogens (tertiary/aromatic N) is 1. The van der Waals surface area contributed by atoms with Gasteiger partial charge in [-0.2, -0.15) is 13.2 Å². The minimum atomic E-state index is -4.39. The number of alkyl halides is 3. The predicted molar refractivity (Wildman–Crippen MR) is 111 cm³/mol. The number of ether oxygens (including phenoxy) is 3. The van der Waals surface area contributed by atoms with E-state index in [0.29, 0.717) is 39.2 Å². The Balaban J connectivity index is 1.70. The van der Waals surface area contributed by atoms with Crippen molar-refractivity contribution in [3.63, 3.8) is 0 Å². The van der Waals surface area contributed by atoms with Crippen LogP contribution in [-0.4, -0.2) is 32.2 Å². The SMILES string of the molecule is COc1cc(NC(=O)Cc2csc(-c3ccc(C(F)(F)F)cc3)n2)cc(OC)c1OC. The third kappa shape index (κ3) is 5.26. The minimum Gasteiger partial charge on any atom is -0.493 e. The number of hydrogen-bond acceptors (Lipinski definition) is 6. The molecule has 0 spiro atoms. The van der Waals surface area contributed by atoms with Crippen LogP contribution in [0.1, 0.15) is 11.3 Å². The van der Waals surface area contributed by atoms with Gasteiger partial charge in [0.2, 0.25) is 11.7 Å².